The van der Waals surface area contributed by atoms with Gasteiger partial charge in [0.2, 0.25) is 0 Å². The van der Waals surface area contributed by atoms with Gasteiger partial charge in [0, 0.05) is 13.6 Å². The van der Waals surface area contributed by atoms with Crippen molar-refractivity contribution in [3.8, 4) is 6.07 Å². The van der Waals surface area contributed by atoms with Crippen LogP contribution in [0.3, 0.4) is 0 Å². The van der Waals surface area contributed by atoms with Crippen molar-refractivity contribution in [1.82, 2.24) is 0 Å². The molecule has 0 saturated carbocycles. The minimum absolute atomic E-state index is 0.269. The number of rotatable bonds is 4. The summed E-state index contributed by atoms with van der Waals surface area (Å²) in [7, 11) is 1.80. The smallest absolute Gasteiger partial charge is 0.146 e. The van der Waals surface area contributed by atoms with Crippen LogP contribution in [0.15, 0.2) is 54.6 Å². The lowest BCUT2D eigenvalue weighted by molar-refractivity contribution is 0.620. The number of para-hydroxylation sites is 1. The van der Waals surface area contributed by atoms with E-state index in [1.165, 1.54) is 6.07 Å². The molecule has 0 aliphatic heterocycles. The van der Waals surface area contributed by atoms with Crippen LogP contribution in [0.2, 0.25) is 0 Å². The number of halogens is 1. The normalized spacial score (nSPS) is 11.6. The van der Waals surface area contributed by atoms with E-state index >= 15 is 0 Å². The zero-order chi connectivity index (χ0) is 13.7. The molecular formula is C16H15FN2. The molecule has 0 fully saturated rings. The Balaban J connectivity index is 2.16. The van der Waals surface area contributed by atoms with E-state index < -0.39 is 0 Å². The lowest BCUT2D eigenvalue weighted by atomic mass is 10.00. The van der Waals surface area contributed by atoms with E-state index in [1.54, 1.807) is 30.1 Å². The molecule has 0 heterocycles. The highest BCUT2D eigenvalue weighted by Crippen LogP contribution is 2.22. The van der Waals surface area contributed by atoms with Gasteiger partial charge in [0.25, 0.3) is 0 Å². The van der Waals surface area contributed by atoms with Crippen LogP contribution in [0, 0.1) is 17.1 Å². The zero-order valence-corrected chi connectivity index (χ0v) is 10.8. The van der Waals surface area contributed by atoms with E-state index in [0.717, 1.165) is 5.56 Å². The summed E-state index contributed by atoms with van der Waals surface area (Å²) in [5, 5.41) is 9.27. The van der Waals surface area contributed by atoms with Crippen LogP contribution >= 0.6 is 0 Å². The summed E-state index contributed by atoms with van der Waals surface area (Å²) in [6.45, 7) is 0.460. The SMILES string of the molecule is CN(CC(C#N)c1ccccc1)c1ccccc1F. The Labute approximate surface area is 112 Å². The highest BCUT2D eigenvalue weighted by atomic mass is 19.1. The highest BCUT2D eigenvalue weighted by molar-refractivity contribution is 5.47. The summed E-state index contributed by atoms with van der Waals surface area (Å²) in [6, 6.07) is 18.4. The largest absolute Gasteiger partial charge is 0.371 e. The fourth-order valence-electron chi connectivity index (χ4n) is 2.04. The first-order chi connectivity index (χ1) is 9.22. The molecule has 96 valence electrons. The van der Waals surface area contributed by atoms with Crippen molar-refractivity contribution in [1.29, 1.82) is 5.26 Å². The van der Waals surface area contributed by atoms with Crippen LogP contribution in [0.5, 0.6) is 0 Å². The second-order valence-corrected chi connectivity index (χ2v) is 4.42. The predicted octanol–water partition coefficient (Wildman–Crippen LogP) is 3.57. The Bertz CT molecular complexity index is 575. The number of anilines is 1. The minimum Gasteiger partial charge on any atom is -0.371 e. The molecule has 0 saturated heterocycles. The Kier molecular flexibility index (Phi) is 4.15. The number of likely N-dealkylation sites (N-methyl/N-ethyl adjacent to an activating group) is 1. The molecule has 3 heteroatoms. The van der Waals surface area contributed by atoms with Gasteiger partial charge in [-0.05, 0) is 17.7 Å². The van der Waals surface area contributed by atoms with Crippen molar-refractivity contribution < 1.29 is 4.39 Å². The summed E-state index contributed by atoms with van der Waals surface area (Å²) >= 11 is 0. The molecule has 2 aromatic carbocycles. The molecule has 0 N–H and O–H groups in total. The van der Waals surface area contributed by atoms with Gasteiger partial charge < -0.3 is 4.90 Å². The van der Waals surface area contributed by atoms with E-state index in [0.29, 0.717) is 12.2 Å². The molecule has 2 rings (SSSR count). The molecule has 1 atom stereocenters. The Hall–Kier alpha value is -2.34. The van der Waals surface area contributed by atoms with Crippen molar-refractivity contribution in [2.24, 2.45) is 0 Å². The van der Waals surface area contributed by atoms with Crippen LogP contribution in [0.1, 0.15) is 11.5 Å². The van der Waals surface area contributed by atoms with Crippen LogP contribution in [-0.2, 0) is 0 Å². The summed E-state index contributed by atoms with van der Waals surface area (Å²) < 4.78 is 13.7. The van der Waals surface area contributed by atoms with Crippen LogP contribution in [0.4, 0.5) is 10.1 Å². The minimum atomic E-state index is -0.272. The van der Waals surface area contributed by atoms with E-state index in [2.05, 4.69) is 6.07 Å². The third-order valence-corrected chi connectivity index (χ3v) is 3.08. The monoisotopic (exact) mass is 254 g/mol. The summed E-state index contributed by atoms with van der Waals surface area (Å²) in [5.41, 5.74) is 1.46. The maximum absolute atomic E-state index is 13.7. The molecule has 1 unspecified atom stereocenters. The Morgan fingerprint density at radius 3 is 2.37 bits per heavy atom. The Morgan fingerprint density at radius 2 is 1.74 bits per heavy atom. The molecule has 2 nitrogen and oxygen atoms in total. The fourth-order valence-corrected chi connectivity index (χ4v) is 2.04. The van der Waals surface area contributed by atoms with Gasteiger partial charge in [0.05, 0.1) is 17.7 Å². The molecule has 0 amide bonds. The van der Waals surface area contributed by atoms with Crippen molar-refractivity contribution in [2.45, 2.75) is 5.92 Å². The van der Waals surface area contributed by atoms with Crippen LogP contribution in [-0.4, -0.2) is 13.6 Å². The molecular weight excluding hydrogens is 239 g/mol. The van der Waals surface area contributed by atoms with Crippen LogP contribution < -0.4 is 4.90 Å². The molecule has 0 bridgehead atoms. The first kappa shape index (κ1) is 13.1. The maximum atomic E-state index is 13.7. The number of nitrogens with zero attached hydrogens (tertiary/aromatic N) is 2. The topological polar surface area (TPSA) is 27.0 Å². The van der Waals surface area contributed by atoms with E-state index in [1.807, 2.05) is 30.3 Å². The summed E-state index contributed by atoms with van der Waals surface area (Å²) in [4.78, 5) is 1.77. The first-order valence-corrected chi connectivity index (χ1v) is 6.12. The average Bonchev–Trinajstić information content (AvgIpc) is 2.46. The van der Waals surface area contributed by atoms with Crippen molar-refractivity contribution in [2.75, 3.05) is 18.5 Å². The zero-order valence-electron chi connectivity index (χ0n) is 10.8. The second-order valence-electron chi connectivity index (χ2n) is 4.42. The third-order valence-electron chi connectivity index (χ3n) is 3.08. The number of benzene rings is 2. The van der Waals surface area contributed by atoms with Gasteiger partial charge in [0.1, 0.15) is 5.82 Å². The molecule has 19 heavy (non-hydrogen) atoms. The standard InChI is InChI=1S/C16H15FN2/c1-19(16-10-6-5-9-15(16)17)12-14(11-18)13-7-3-2-4-8-13/h2-10,14H,12H2,1H3. The fraction of sp³-hybridized carbons (Fsp3) is 0.188. The van der Waals surface area contributed by atoms with Crippen molar-refractivity contribution in [3.63, 3.8) is 0 Å². The van der Waals surface area contributed by atoms with Gasteiger partial charge >= 0.3 is 0 Å². The van der Waals surface area contributed by atoms with Crippen molar-refractivity contribution >= 4 is 5.69 Å². The van der Waals surface area contributed by atoms with Gasteiger partial charge in [-0.25, -0.2) is 4.39 Å². The predicted molar refractivity (Wildman–Crippen MR) is 74.5 cm³/mol. The number of hydrogen-bond donors (Lipinski definition) is 0. The summed E-state index contributed by atoms with van der Waals surface area (Å²) in [5.74, 6) is -0.541. The van der Waals surface area contributed by atoms with E-state index in [-0.39, 0.29) is 11.7 Å². The maximum Gasteiger partial charge on any atom is 0.146 e. The number of nitriles is 1. The van der Waals surface area contributed by atoms with E-state index in [4.69, 9.17) is 0 Å². The number of hydrogen-bond acceptors (Lipinski definition) is 2. The van der Waals surface area contributed by atoms with Gasteiger partial charge in [0.15, 0.2) is 0 Å². The molecule has 0 aliphatic rings. The molecule has 2 aromatic rings. The first-order valence-electron chi connectivity index (χ1n) is 6.12. The van der Waals surface area contributed by atoms with E-state index in [9.17, 15) is 9.65 Å². The summed E-state index contributed by atoms with van der Waals surface area (Å²) in [6.07, 6.45) is 0. The second kappa shape index (κ2) is 6.01. The Morgan fingerprint density at radius 1 is 1.11 bits per heavy atom. The lowest BCUT2D eigenvalue weighted by Gasteiger charge is -2.22. The molecule has 0 aliphatic carbocycles. The van der Waals surface area contributed by atoms with Gasteiger partial charge in [-0.3, -0.25) is 0 Å². The van der Waals surface area contributed by atoms with Crippen LogP contribution in [0.25, 0.3) is 0 Å². The van der Waals surface area contributed by atoms with Gasteiger partial charge in [-0.15, -0.1) is 0 Å². The molecule has 0 spiro atoms. The third kappa shape index (κ3) is 3.11. The molecule has 0 radical (unpaired) electrons. The van der Waals surface area contributed by atoms with Gasteiger partial charge in [-0.2, -0.15) is 5.26 Å². The van der Waals surface area contributed by atoms with Gasteiger partial charge in [-0.1, -0.05) is 42.5 Å². The quantitative estimate of drug-likeness (QED) is 0.834. The molecule has 0 aromatic heterocycles. The van der Waals surface area contributed by atoms with Crippen molar-refractivity contribution in [3.05, 3.63) is 66.0 Å². The lowest BCUT2D eigenvalue weighted by Crippen LogP contribution is -2.24. The average molecular weight is 254 g/mol. The highest BCUT2D eigenvalue weighted by Gasteiger charge is 2.15.